The number of hydrogen-bond donors (Lipinski definition) is 1. The van der Waals surface area contributed by atoms with Crippen LogP contribution in [0.2, 0.25) is 0 Å². The van der Waals surface area contributed by atoms with Crippen molar-refractivity contribution in [3.63, 3.8) is 0 Å². The van der Waals surface area contributed by atoms with Crippen LogP contribution in [0.4, 0.5) is 5.82 Å². The summed E-state index contributed by atoms with van der Waals surface area (Å²) in [5, 5.41) is 3.31. The molecule has 1 aliphatic heterocycles. The second kappa shape index (κ2) is 10.1. The number of nitrogens with zero attached hydrogens (tertiary/aromatic N) is 6. The number of likely N-dealkylation sites (N-methyl/N-ethyl adjacent to an activating group) is 1. The number of anilines is 1. The zero-order valence-electron chi connectivity index (χ0n) is 21.5. The van der Waals surface area contributed by atoms with Crippen LogP contribution < -0.4 is 15.6 Å². The Morgan fingerprint density at radius 1 is 1.05 bits per heavy atom. The topological polar surface area (TPSA) is 95.7 Å². The summed E-state index contributed by atoms with van der Waals surface area (Å²) in [6.45, 7) is 9.13. The van der Waals surface area contributed by atoms with Gasteiger partial charge in [-0.2, -0.15) is 0 Å². The van der Waals surface area contributed by atoms with Crippen molar-refractivity contribution >= 4 is 49.1 Å². The van der Waals surface area contributed by atoms with E-state index in [-0.39, 0.29) is 17.5 Å². The summed E-state index contributed by atoms with van der Waals surface area (Å²) < 4.78 is 2.95. The number of amides is 1. The molecule has 0 spiro atoms. The molecule has 1 saturated heterocycles. The fraction of sp³-hybridized carbons (Fsp3) is 0.321. The fourth-order valence-electron chi connectivity index (χ4n) is 5.04. The second-order valence-electron chi connectivity index (χ2n) is 9.56. The zero-order chi connectivity index (χ0) is 26.2. The summed E-state index contributed by atoms with van der Waals surface area (Å²) in [5.74, 6) is 0.425. The van der Waals surface area contributed by atoms with Crippen LogP contribution in [-0.2, 0) is 6.54 Å². The molecule has 9 nitrogen and oxygen atoms in total. The van der Waals surface area contributed by atoms with Crippen molar-refractivity contribution in [2.45, 2.75) is 26.8 Å². The van der Waals surface area contributed by atoms with Crippen LogP contribution >= 0.6 is 11.3 Å². The number of aryl methyl sites for hydroxylation is 1. The number of fused-ring (bicyclic) bond motifs is 5. The van der Waals surface area contributed by atoms with E-state index in [9.17, 15) is 9.59 Å². The van der Waals surface area contributed by atoms with Crippen molar-refractivity contribution in [2.24, 2.45) is 0 Å². The maximum absolute atomic E-state index is 13.8. The number of carbonyl (C=O) groups is 1. The molecule has 1 amide bonds. The molecule has 5 aromatic rings. The highest BCUT2D eigenvalue weighted by Gasteiger charge is 2.24. The first-order valence-electron chi connectivity index (χ1n) is 12.9. The second-order valence-corrected chi connectivity index (χ2v) is 10.6. The normalized spacial score (nSPS) is 14.8. The predicted molar refractivity (Wildman–Crippen MR) is 151 cm³/mol. The van der Waals surface area contributed by atoms with E-state index in [1.807, 2.05) is 47.7 Å². The Labute approximate surface area is 223 Å². The zero-order valence-corrected chi connectivity index (χ0v) is 22.3. The molecule has 4 aromatic heterocycles. The molecule has 0 radical (unpaired) electrons. The highest BCUT2D eigenvalue weighted by Crippen LogP contribution is 2.31. The van der Waals surface area contributed by atoms with Gasteiger partial charge in [0.1, 0.15) is 16.2 Å². The summed E-state index contributed by atoms with van der Waals surface area (Å²) in [6.07, 6.45) is 4.35. The molecule has 5 heterocycles. The van der Waals surface area contributed by atoms with Gasteiger partial charge in [0.05, 0.1) is 39.7 Å². The van der Waals surface area contributed by atoms with Gasteiger partial charge in [0.2, 0.25) is 5.43 Å². The summed E-state index contributed by atoms with van der Waals surface area (Å²) in [4.78, 5) is 46.1. The van der Waals surface area contributed by atoms with E-state index in [1.165, 1.54) is 11.3 Å². The third-order valence-corrected chi connectivity index (χ3v) is 8.27. The number of pyridine rings is 2. The first kappa shape index (κ1) is 24.4. The van der Waals surface area contributed by atoms with Crippen molar-refractivity contribution in [3.8, 4) is 0 Å². The molecular formula is C28H29N7O2S. The van der Waals surface area contributed by atoms with Gasteiger partial charge in [-0.1, -0.05) is 19.1 Å². The van der Waals surface area contributed by atoms with E-state index in [2.05, 4.69) is 32.0 Å². The molecule has 1 fully saturated rings. The number of benzene rings is 1. The smallest absolute Gasteiger partial charge is 0.258 e. The Bertz CT molecular complexity index is 1710. The average Bonchev–Trinajstić information content (AvgIpc) is 3.15. The van der Waals surface area contributed by atoms with Crippen LogP contribution in [0.3, 0.4) is 0 Å². The lowest BCUT2D eigenvalue weighted by Gasteiger charge is -2.22. The molecule has 0 bridgehead atoms. The molecule has 1 aliphatic rings. The third-order valence-electron chi connectivity index (χ3n) is 7.12. The quantitative estimate of drug-likeness (QED) is 0.373. The first-order valence-corrected chi connectivity index (χ1v) is 13.7. The highest BCUT2D eigenvalue weighted by atomic mass is 32.1. The molecule has 1 N–H and O–H groups in total. The maximum Gasteiger partial charge on any atom is 0.258 e. The summed E-state index contributed by atoms with van der Waals surface area (Å²) in [5.41, 5.74) is 2.75. The molecule has 6 rings (SSSR count). The minimum Gasteiger partial charge on any atom is -0.355 e. The van der Waals surface area contributed by atoms with E-state index in [4.69, 9.17) is 4.98 Å². The Morgan fingerprint density at radius 2 is 1.92 bits per heavy atom. The van der Waals surface area contributed by atoms with Crippen molar-refractivity contribution in [1.82, 2.24) is 29.6 Å². The van der Waals surface area contributed by atoms with Gasteiger partial charge in [0.15, 0.2) is 5.65 Å². The average molecular weight is 528 g/mol. The standard InChI is InChI=1S/C28H29N7O2S/c1-3-33-11-6-12-34(14-13-33)23-10-9-20-25(36)24(27(37)31-17-19-16-29-18(2)15-30-19)28-35(26(20)32-23)21-7-4-5-8-22(21)38-28/h4-5,7-10,15-16H,3,6,11-14,17H2,1-2H3,(H,31,37). The Morgan fingerprint density at radius 3 is 2.74 bits per heavy atom. The number of hydrogen-bond acceptors (Lipinski definition) is 8. The van der Waals surface area contributed by atoms with E-state index >= 15 is 0 Å². The number of thiazole rings is 1. The minimum atomic E-state index is -0.431. The van der Waals surface area contributed by atoms with Crippen LogP contribution in [0, 0.1) is 6.92 Å². The molecule has 0 aliphatic carbocycles. The van der Waals surface area contributed by atoms with Crippen LogP contribution in [-0.4, -0.2) is 62.9 Å². The van der Waals surface area contributed by atoms with E-state index < -0.39 is 5.91 Å². The largest absolute Gasteiger partial charge is 0.355 e. The molecule has 1 aromatic carbocycles. The number of para-hydroxylation sites is 1. The van der Waals surface area contributed by atoms with Crippen molar-refractivity contribution in [2.75, 3.05) is 37.6 Å². The van der Waals surface area contributed by atoms with Crippen LogP contribution in [0.15, 0.2) is 53.6 Å². The number of nitrogens with one attached hydrogen (secondary N) is 1. The molecule has 0 atom stereocenters. The summed E-state index contributed by atoms with van der Waals surface area (Å²) in [6, 6.07) is 11.7. The number of carbonyl (C=O) groups excluding carboxylic acids is 1. The molecule has 0 saturated carbocycles. The van der Waals surface area contributed by atoms with Crippen LogP contribution in [0.5, 0.6) is 0 Å². The third kappa shape index (κ3) is 4.39. The van der Waals surface area contributed by atoms with Crippen molar-refractivity contribution in [3.05, 3.63) is 76.0 Å². The van der Waals surface area contributed by atoms with Gasteiger partial charge in [-0.3, -0.25) is 24.0 Å². The van der Waals surface area contributed by atoms with E-state index in [1.54, 1.807) is 12.4 Å². The van der Waals surface area contributed by atoms with Crippen molar-refractivity contribution < 1.29 is 4.79 Å². The van der Waals surface area contributed by atoms with Gasteiger partial charge in [0.25, 0.3) is 5.91 Å². The van der Waals surface area contributed by atoms with Gasteiger partial charge in [-0.25, -0.2) is 4.98 Å². The number of aromatic nitrogens is 4. The lowest BCUT2D eigenvalue weighted by molar-refractivity contribution is 0.0951. The fourth-order valence-corrected chi connectivity index (χ4v) is 6.22. The maximum atomic E-state index is 13.8. The van der Waals surface area contributed by atoms with Crippen LogP contribution in [0.1, 0.15) is 35.1 Å². The van der Waals surface area contributed by atoms with Gasteiger partial charge < -0.3 is 15.1 Å². The van der Waals surface area contributed by atoms with E-state index in [0.717, 1.165) is 60.9 Å². The lowest BCUT2D eigenvalue weighted by atomic mass is 10.1. The molecule has 10 heteroatoms. The van der Waals surface area contributed by atoms with E-state index in [0.29, 0.717) is 21.6 Å². The minimum absolute atomic E-state index is 0.127. The monoisotopic (exact) mass is 527 g/mol. The Balaban J connectivity index is 1.47. The summed E-state index contributed by atoms with van der Waals surface area (Å²) in [7, 11) is 0. The highest BCUT2D eigenvalue weighted by molar-refractivity contribution is 7.24. The van der Waals surface area contributed by atoms with Crippen molar-refractivity contribution in [1.29, 1.82) is 0 Å². The van der Waals surface area contributed by atoms with Gasteiger partial charge in [-0.05, 0) is 50.7 Å². The molecule has 0 unspecified atom stereocenters. The van der Waals surface area contributed by atoms with Crippen LogP contribution in [0.25, 0.3) is 26.1 Å². The Kier molecular flexibility index (Phi) is 6.50. The van der Waals surface area contributed by atoms with Gasteiger partial charge in [0, 0.05) is 25.8 Å². The predicted octanol–water partition coefficient (Wildman–Crippen LogP) is 3.62. The molecular weight excluding hydrogens is 498 g/mol. The molecule has 194 valence electrons. The Hall–Kier alpha value is -3.89. The first-order chi connectivity index (χ1) is 18.5. The molecule has 38 heavy (non-hydrogen) atoms. The SMILES string of the molecule is CCN1CCCN(c2ccc3c(=O)c(C(=O)NCc4cnc(C)cn4)c4sc5ccccc5n4c3n2)CC1. The van der Waals surface area contributed by atoms with Gasteiger partial charge in [-0.15, -0.1) is 11.3 Å². The number of rotatable bonds is 5. The lowest BCUT2D eigenvalue weighted by Crippen LogP contribution is -2.31. The van der Waals surface area contributed by atoms with Gasteiger partial charge >= 0.3 is 0 Å². The summed E-state index contributed by atoms with van der Waals surface area (Å²) >= 11 is 1.43.